The Hall–Kier alpha value is -6.51. The van der Waals surface area contributed by atoms with Gasteiger partial charge in [-0.1, -0.05) is 67.0 Å². The summed E-state index contributed by atoms with van der Waals surface area (Å²) in [5.74, 6) is 0.309. The summed E-state index contributed by atoms with van der Waals surface area (Å²) in [4.78, 5) is 29.5. The third-order valence-corrected chi connectivity index (χ3v) is 12.1. The maximum absolute atomic E-state index is 13.2. The molecule has 4 aromatic carbocycles. The lowest BCUT2D eigenvalue weighted by molar-refractivity contribution is 0.112. The molecule has 0 aliphatic carbocycles. The van der Waals surface area contributed by atoms with E-state index in [1.54, 1.807) is 25.0 Å². The number of hydrogen-bond acceptors (Lipinski definition) is 9. The lowest BCUT2D eigenvalue weighted by Gasteiger charge is -2.32. The van der Waals surface area contributed by atoms with Crippen LogP contribution < -0.4 is 5.32 Å². The number of nitrogens with zero attached hydrogens (tertiary/aromatic N) is 7. The zero-order valence-electron chi connectivity index (χ0n) is 35.3. The highest BCUT2D eigenvalue weighted by Crippen LogP contribution is 2.40. The molecular formula is C51H50Cl2F2N10O. The summed E-state index contributed by atoms with van der Waals surface area (Å²) in [6.45, 7) is 4.85. The van der Waals surface area contributed by atoms with Gasteiger partial charge in [-0.25, -0.2) is 28.7 Å². The fourth-order valence-electron chi connectivity index (χ4n) is 8.21. The van der Waals surface area contributed by atoms with Crippen LogP contribution in [0.25, 0.3) is 45.0 Å². The lowest BCUT2D eigenvalue weighted by Crippen LogP contribution is -2.32. The molecule has 0 radical (unpaired) electrons. The monoisotopic (exact) mass is 926 g/mol. The van der Waals surface area contributed by atoms with E-state index in [-0.39, 0.29) is 19.1 Å². The first-order valence-electron chi connectivity index (χ1n) is 21.4. The van der Waals surface area contributed by atoms with Gasteiger partial charge in [0, 0.05) is 80.0 Å². The first-order chi connectivity index (χ1) is 31.8. The number of nitrogens with one attached hydrogen (secondary N) is 3. The topological polar surface area (TPSA) is 141 Å². The average molecular weight is 928 g/mol. The molecule has 0 spiro atoms. The van der Waals surface area contributed by atoms with Crippen molar-refractivity contribution in [1.29, 1.82) is 0 Å². The Bertz CT molecular complexity index is 2720. The van der Waals surface area contributed by atoms with Crippen molar-refractivity contribution in [3.8, 4) is 45.0 Å². The minimum absolute atomic E-state index is 0. The van der Waals surface area contributed by atoms with Crippen LogP contribution in [0.4, 0.5) is 8.78 Å². The van der Waals surface area contributed by atoms with Gasteiger partial charge in [0.1, 0.15) is 42.0 Å². The number of rotatable bonds is 9. The molecule has 0 saturated carbocycles. The summed E-state index contributed by atoms with van der Waals surface area (Å²) in [6.07, 6.45) is 11.6. The van der Waals surface area contributed by atoms with Crippen molar-refractivity contribution >= 4 is 29.5 Å². The van der Waals surface area contributed by atoms with Crippen molar-refractivity contribution in [1.82, 2.24) is 50.5 Å². The number of carbonyl (C=O) groups excluding carboxylic acids is 1. The van der Waals surface area contributed by atoms with E-state index in [0.717, 1.165) is 120 Å². The van der Waals surface area contributed by atoms with E-state index in [0.29, 0.717) is 28.7 Å². The Morgan fingerprint density at radius 2 is 1.06 bits per heavy atom. The first-order valence-corrected chi connectivity index (χ1v) is 22.2. The van der Waals surface area contributed by atoms with Crippen LogP contribution in [0.1, 0.15) is 72.3 Å². The van der Waals surface area contributed by atoms with Gasteiger partial charge in [0.05, 0.1) is 11.4 Å². The maximum Gasteiger partial charge on any atom is 0.150 e. The number of H-pyrrole nitrogens is 2. The Balaban J connectivity index is 0.000000167. The number of aromatic nitrogens is 8. The maximum atomic E-state index is 13.2. The highest BCUT2D eigenvalue weighted by molar-refractivity contribution is 6.31. The summed E-state index contributed by atoms with van der Waals surface area (Å²) in [5.41, 5.74) is 11.6. The molecule has 0 atom stereocenters. The third-order valence-electron chi connectivity index (χ3n) is 11.6. The van der Waals surface area contributed by atoms with Crippen LogP contribution in [0.15, 0.2) is 134 Å². The second kappa shape index (κ2) is 23.1. The second-order valence-electron chi connectivity index (χ2n) is 15.8. The summed E-state index contributed by atoms with van der Waals surface area (Å²) in [6, 6.07) is 31.5. The van der Waals surface area contributed by atoms with Crippen molar-refractivity contribution in [2.75, 3.05) is 26.2 Å². The van der Waals surface area contributed by atoms with Crippen molar-refractivity contribution in [2.24, 2.45) is 0 Å². The van der Waals surface area contributed by atoms with Crippen LogP contribution in [0.5, 0.6) is 0 Å². The Morgan fingerprint density at radius 1 is 0.606 bits per heavy atom. The van der Waals surface area contributed by atoms with E-state index in [1.165, 1.54) is 42.1 Å². The molecule has 2 aliphatic heterocycles. The Kier molecular flexibility index (Phi) is 16.6. The number of carbonyl (C=O) groups is 1. The second-order valence-corrected chi connectivity index (χ2v) is 16.7. The quantitative estimate of drug-likeness (QED) is 0.121. The molecule has 338 valence electrons. The van der Waals surface area contributed by atoms with E-state index in [1.807, 2.05) is 72.8 Å². The average Bonchev–Trinajstić information content (AvgIpc) is 4.01. The van der Waals surface area contributed by atoms with Gasteiger partial charge in [-0.15, -0.1) is 0 Å². The van der Waals surface area contributed by atoms with E-state index in [9.17, 15) is 13.6 Å². The van der Waals surface area contributed by atoms with E-state index < -0.39 is 0 Å². The molecule has 15 heteroatoms. The number of benzene rings is 4. The zero-order valence-corrected chi connectivity index (χ0v) is 36.9. The number of aromatic amines is 2. The molecule has 3 N–H and O–H groups in total. The number of hydrogen-bond donors (Lipinski definition) is 3. The highest BCUT2D eigenvalue weighted by atomic mass is 35.5. The smallest absolute Gasteiger partial charge is 0.150 e. The molecule has 66 heavy (non-hydrogen) atoms. The molecule has 8 aromatic rings. The molecule has 6 heterocycles. The molecule has 0 bridgehead atoms. The summed E-state index contributed by atoms with van der Waals surface area (Å²) in [5, 5.41) is 20.7. The number of halogens is 4. The van der Waals surface area contributed by atoms with Crippen LogP contribution in [0.3, 0.4) is 0 Å². The largest absolute Gasteiger partial charge is 0.317 e. The van der Waals surface area contributed by atoms with Gasteiger partial charge in [0.25, 0.3) is 0 Å². The van der Waals surface area contributed by atoms with Gasteiger partial charge < -0.3 is 5.32 Å². The fraction of sp³-hybridized carbons (Fsp3) is 0.235. The van der Waals surface area contributed by atoms with Crippen molar-refractivity contribution < 1.29 is 13.6 Å². The first kappa shape index (κ1) is 47.5. The minimum atomic E-state index is -0.319. The lowest BCUT2D eigenvalue weighted by atomic mass is 9.88. The van der Waals surface area contributed by atoms with E-state index in [4.69, 9.17) is 23.2 Å². The highest BCUT2D eigenvalue weighted by Gasteiger charge is 2.28. The number of aldehydes is 1. The predicted molar refractivity (Wildman–Crippen MR) is 257 cm³/mol. The van der Waals surface area contributed by atoms with Crippen molar-refractivity contribution in [3.05, 3.63) is 178 Å². The van der Waals surface area contributed by atoms with Crippen LogP contribution in [0.2, 0.25) is 10.0 Å². The zero-order chi connectivity index (χ0) is 45.0. The summed E-state index contributed by atoms with van der Waals surface area (Å²) >= 11 is 12.1. The molecule has 4 aromatic heterocycles. The molecule has 11 nitrogen and oxygen atoms in total. The molecular weight excluding hydrogens is 878 g/mol. The van der Waals surface area contributed by atoms with Crippen molar-refractivity contribution in [2.45, 2.75) is 51.5 Å². The predicted octanol–water partition coefficient (Wildman–Crippen LogP) is 11.6. The van der Waals surface area contributed by atoms with Crippen LogP contribution in [-0.2, 0) is 6.54 Å². The van der Waals surface area contributed by atoms with Crippen LogP contribution in [0, 0.1) is 11.6 Å². The van der Waals surface area contributed by atoms with Gasteiger partial charge in [-0.05, 0) is 130 Å². The summed E-state index contributed by atoms with van der Waals surface area (Å²) < 4.78 is 25.3. The molecule has 2 fully saturated rings. The van der Waals surface area contributed by atoms with Gasteiger partial charge in [-0.2, -0.15) is 10.2 Å². The standard InChI is InChI=1S/C25H23ClFN5.C18H18ClN5.C7H5FO.CH4/c26-20-5-3-18(4-6-20)24-23(22-9-12-28-16-29-22)25(31-30-24)19-10-13-32(14-11-19)15-17-1-7-21(27)8-2-17;19-14-3-1-12(2-4-14)17-16(15-7-10-21-11-22-15)18(24-23-17)13-5-8-20-9-6-13;8-7-3-1-6(5-9)2-4-7;/h1-9,12,16,19H,10-11,13-15H2,(H,30,31);1-4,7,10-11,13,20H,5-6,8-9H2,(H,23,24);1-5H;1H4. The van der Waals surface area contributed by atoms with Crippen molar-refractivity contribution in [3.63, 3.8) is 0 Å². The molecule has 2 saturated heterocycles. The Morgan fingerprint density at radius 3 is 1.50 bits per heavy atom. The van der Waals surface area contributed by atoms with Gasteiger partial charge in [0.15, 0.2) is 0 Å². The van der Waals surface area contributed by atoms with Crippen LogP contribution in [-0.4, -0.2) is 77.7 Å². The van der Waals surface area contributed by atoms with Gasteiger partial charge in [0.2, 0.25) is 0 Å². The number of piperidine rings is 2. The van der Waals surface area contributed by atoms with Crippen LogP contribution >= 0.6 is 23.2 Å². The molecule has 2 aliphatic rings. The minimum Gasteiger partial charge on any atom is -0.317 e. The Labute approximate surface area is 393 Å². The molecule has 0 unspecified atom stereocenters. The third kappa shape index (κ3) is 12.0. The van der Waals surface area contributed by atoms with Gasteiger partial charge in [-0.3, -0.25) is 19.9 Å². The van der Waals surface area contributed by atoms with Gasteiger partial charge >= 0.3 is 0 Å². The number of likely N-dealkylation sites (tertiary alicyclic amines) is 1. The normalized spacial score (nSPS) is 14.2. The molecule has 10 rings (SSSR count). The fourth-order valence-corrected chi connectivity index (χ4v) is 8.46. The van der Waals surface area contributed by atoms with E-state index in [2.05, 4.69) is 50.5 Å². The summed E-state index contributed by atoms with van der Waals surface area (Å²) in [7, 11) is 0. The molecule has 0 amide bonds. The SMILES string of the molecule is C.Clc1ccc(-c2n[nH]c(C3CCNCC3)c2-c2ccncn2)cc1.Fc1ccc(CN2CCC(c3[nH]nc(-c4ccc(Cl)cc4)c3-c3ccncn3)CC2)cc1.O=Cc1ccc(F)cc1. The van der Waals surface area contributed by atoms with E-state index >= 15 is 0 Å².